The molecule has 11 nitrogen and oxygen atoms in total. The number of sulfonamides is 1. The lowest BCUT2D eigenvalue weighted by Gasteiger charge is -2.51. The summed E-state index contributed by atoms with van der Waals surface area (Å²) in [4.78, 5) is 16.8. The Hall–Kier alpha value is -2.26. The van der Waals surface area contributed by atoms with Crippen LogP contribution in [0.5, 0.6) is 5.75 Å². The summed E-state index contributed by atoms with van der Waals surface area (Å²) in [6, 6.07) is 11.2. The monoisotopic (exact) mass is 765 g/mol. The first-order valence-corrected chi connectivity index (χ1v) is 21.6. The molecule has 51 heavy (non-hydrogen) atoms. The molecule has 2 heterocycles. The van der Waals surface area contributed by atoms with Crippen molar-refractivity contribution in [2.75, 3.05) is 57.0 Å². The van der Waals surface area contributed by atoms with Crippen molar-refractivity contribution < 1.29 is 31.8 Å². The van der Waals surface area contributed by atoms with Crippen LogP contribution in [0.3, 0.4) is 0 Å². The number of amides is 1. The zero-order chi connectivity index (χ0) is 36.9. The summed E-state index contributed by atoms with van der Waals surface area (Å²) in [6.45, 7) is 7.68. The van der Waals surface area contributed by atoms with Crippen LogP contribution in [0.4, 0.5) is 5.69 Å². The highest BCUT2D eigenvalue weighted by Gasteiger charge is 2.48. The molecule has 0 spiro atoms. The maximum atomic E-state index is 12.6. The topological polar surface area (TPSA) is 157 Å². The Labute approximate surface area is 311 Å². The highest BCUT2D eigenvalue weighted by molar-refractivity contribution is 7.88. The summed E-state index contributed by atoms with van der Waals surface area (Å²) in [6.07, 6.45) is 7.61. The summed E-state index contributed by atoms with van der Waals surface area (Å²) >= 11 is 4.19. The van der Waals surface area contributed by atoms with Crippen LogP contribution in [0.15, 0.2) is 36.4 Å². The first kappa shape index (κ1) is 39.9. The Bertz CT molecular complexity index is 1660. The summed E-state index contributed by atoms with van der Waals surface area (Å²) in [5.74, 6) is 0.253. The van der Waals surface area contributed by atoms with E-state index in [0.717, 1.165) is 55.5 Å². The number of fused-ring (bicyclic) bond motifs is 2. The number of piperazine rings is 1. The van der Waals surface area contributed by atoms with Crippen molar-refractivity contribution in [1.29, 1.82) is 0 Å². The molecule has 1 unspecified atom stereocenters. The quantitative estimate of drug-likeness (QED) is 0.279. The lowest BCUT2D eigenvalue weighted by atomic mass is 9.62. The molecule has 2 fully saturated rings. The minimum absolute atomic E-state index is 0.0138. The molecular formula is C37H54ClN4O7S2-. The van der Waals surface area contributed by atoms with Crippen LogP contribution in [-0.4, -0.2) is 100 Å². The number of aryl methyl sites for hydroxylation is 1. The van der Waals surface area contributed by atoms with Gasteiger partial charge in [0.1, 0.15) is 12.4 Å². The van der Waals surface area contributed by atoms with Gasteiger partial charge in [-0.25, -0.2) is 8.42 Å². The van der Waals surface area contributed by atoms with E-state index in [-0.39, 0.29) is 17.8 Å². The van der Waals surface area contributed by atoms with Gasteiger partial charge in [-0.15, -0.1) is 0 Å². The van der Waals surface area contributed by atoms with E-state index < -0.39 is 37.9 Å². The largest absolute Gasteiger partial charge is 0.772 e. The number of nitrogens with zero attached hydrogens (tertiary/aromatic N) is 3. The predicted molar refractivity (Wildman–Crippen MR) is 201 cm³/mol. The number of rotatable bonds is 13. The van der Waals surface area contributed by atoms with Crippen molar-refractivity contribution in [3.63, 3.8) is 0 Å². The van der Waals surface area contributed by atoms with Gasteiger partial charge in [0.2, 0.25) is 15.9 Å². The van der Waals surface area contributed by atoms with Gasteiger partial charge in [-0.05, 0) is 104 Å². The number of carbonyl (C=O) groups is 1. The molecule has 1 saturated carbocycles. The molecular weight excluding hydrogens is 712 g/mol. The number of benzene rings is 2. The number of aliphatic hydroxyl groups is 1. The van der Waals surface area contributed by atoms with Crippen LogP contribution in [-0.2, 0) is 34.1 Å². The Morgan fingerprint density at radius 2 is 1.84 bits per heavy atom. The average Bonchev–Trinajstić information content (AvgIpc) is 3.09. The molecule has 0 aromatic heterocycles. The molecule has 3 aliphatic rings. The second-order valence-electron chi connectivity index (χ2n) is 15.0. The summed E-state index contributed by atoms with van der Waals surface area (Å²) in [7, 11) is -3.29. The maximum Gasteiger partial charge on any atom is 0.248 e. The predicted octanol–water partition coefficient (Wildman–Crippen LogP) is 4.57. The van der Waals surface area contributed by atoms with Crippen LogP contribution in [0.2, 0.25) is 5.02 Å². The van der Waals surface area contributed by atoms with Crippen molar-refractivity contribution >= 4 is 44.3 Å². The zero-order valence-electron chi connectivity index (χ0n) is 30.1. The molecule has 2 aliphatic heterocycles. The highest BCUT2D eigenvalue weighted by atomic mass is 35.5. The van der Waals surface area contributed by atoms with Crippen LogP contribution >= 0.6 is 11.6 Å². The normalized spacial score (nSPS) is 23.7. The van der Waals surface area contributed by atoms with Gasteiger partial charge >= 0.3 is 0 Å². The summed E-state index contributed by atoms with van der Waals surface area (Å²) in [5.41, 5.74) is 8.15. The molecule has 1 amide bonds. The first-order chi connectivity index (χ1) is 24.1. The van der Waals surface area contributed by atoms with E-state index in [1.165, 1.54) is 10.6 Å². The number of primary amides is 1. The molecule has 3 N–H and O–H groups in total. The van der Waals surface area contributed by atoms with Crippen LogP contribution in [0.1, 0.15) is 80.3 Å². The zero-order valence-corrected chi connectivity index (χ0v) is 32.5. The Morgan fingerprint density at radius 1 is 1.10 bits per heavy atom. The van der Waals surface area contributed by atoms with Gasteiger partial charge in [0.25, 0.3) is 0 Å². The molecule has 0 radical (unpaired) electrons. The SMILES string of the molecule is C[C@H]([C@@H](C)CCC[C@](O)(CN1CCN(S(C)(=O)=O)CC1)[C@@H]1CC[C@H]1CN1CCCCc2cc(Cl)ccc2COc2ccc(C(N)=O)cc21)S(=O)[O-]. The molecule has 1 saturated heterocycles. The lowest BCUT2D eigenvalue weighted by molar-refractivity contribution is -0.108. The highest BCUT2D eigenvalue weighted by Crippen LogP contribution is 2.46. The van der Waals surface area contributed by atoms with Gasteiger partial charge in [-0.1, -0.05) is 49.0 Å². The molecule has 5 rings (SSSR count). The average molecular weight is 766 g/mol. The molecule has 0 bridgehead atoms. The van der Waals surface area contributed by atoms with Crippen molar-refractivity contribution in [2.45, 2.75) is 82.7 Å². The van der Waals surface area contributed by atoms with Gasteiger partial charge in [0.15, 0.2) is 0 Å². The van der Waals surface area contributed by atoms with Crippen LogP contribution in [0.25, 0.3) is 0 Å². The molecule has 1 aliphatic carbocycles. The van der Waals surface area contributed by atoms with E-state index in [9.17, 15) is 27.1 Å². The summed E-state index contributed by atoms with van der Waals surface area (Å²) in [5, 5.41) is 12.8. The van der Waals surface area contributed by atoms with E-state index >= 15 is 0 Å². The molecule has 6 atom stereocenters. The minimum atomic E-state index is -3.29. The fourth-order valence-electron chi connectivity index (χ4n) is 8.01. The third-order valence-corrected chi connectivity index (χ3v) is 14.1. The smallest absolute Gasteiger partial charge is 0.248 e. The fraction of sp³-hybridized carbons (Fsp3) is 0.649. The third kappa shape index (κ3) is 10.2. The number of carbonyl (C=O) groups excluding carboxylic acids is 1. The van der Waals surface area contributed by atoms with Gasteiger partial charge in [0, 0.05) is 61.6 Å². The number of β-amino-alcohol motifs (C(OH)–C–C–N with tert-alkyl or cyclic N) is 1. The Kier molecular flexibility index (Phi) is 13.5. The van der Waals surface area contributed by atoms with E-state index in [1.54, 1.807) is 13.0 Å². The molecule has 2 aromatic carbocycles. The number of ether oxygens (including phenoxy) is 1. The van der Waals surface area contributed by atoms with Crippen LogP contribution in [0, 0.1) is 17.8 Å². The van der Waals surface area contributed by atoms with Gasteiger partial charge in [-0.2, -0.15) is 4.31 Å². The van der Waals surface area contributed by atoms with E-state index in [4.69, 9.17) is 22.1 Å². The second-order valence-corrected chi connectivity index (χ2v) is 18.7. The van der Waals surface area contributed by atoms with Crippen molar-refractivity contribution in [3.8, 4) is 5.75 Å². The number of hydrogen-bond donors (Lipinski definition) is 2. The third-order valence-electron chi connectivity index (χ3n) is 11.5. The number of nitrogens with two attached hydrogens (primary N) is 1. The second kappa shape index (κ2) is 17.3. The Balaban J connectivity index is 1.37. The number of halogens is 1. The van der Waals surface area contributed by atoms with E-state index in [1.807, 2.05) is 37.3 Å². The van der Waals surface area contributed by atoms with Crippen molar-refractivity contribution in [2.24, 2.45) is 23.5 Å². The summed E-state index contributed by atoms with van der Waals surface area (Å²) < 4.78 is 55.5. The standard InChI is InChI=1S/C37H55ClN4O7S2/c1-26(27(2)50(45)46)7-6-15-37(44,25-40-17-19-42(20-18-40)51(3,47)48)33-13-10-30(33)23-41-16-5-4-8-28-21-32(38)12-9-31(28)24-49-35-14-11-29(36(39)43)22-34(35)41/h9,11-12,14,21-22,26-27,30,33,44H,4-8,10,13,15-20,23-25H2,1-3H3,(H2,39,43)(H,45,46)/p-1/t26-,27+,30-,33+,37-/m0/s1. The molecule has 284 valence electrons. The van der Waals surface area contributed by atoms with Gasteiger partial charge in [0.05, 0.1) is 17.5 Å². The van der Waals surface area contributed by atoms with Crippen LogP contribution < -0.4 is 15.4 Å². The van der Waals surface area contributed by atoms with Crippen molar-refractivity contribution in [3.05, 3.63) is 58.1 Å². The number of hydrogen-bond acceptors (Lipinski definition) is 9. The van der Waals surface area contributed by atoms with Gasteiger partial charge in [-0.3, -0.25) is 13.9 Å². The Morgan fingerprint density at radius 3 is 2.49 bits per heavy atom. The fourth-order valence-corrected chi connectivity index (χ4v) is 9.55. The first-order valence-electron chi connectivity index (χ1n) is 18.2. The van der Waals surface area contributed by atoms with E-state index in [0.29, 0.717) is 81.5 Å². The lowest BCUT2D eigenvalue weighted by Crippen LogP contribution is -2.59. The number of anilines is 1. The maximum absolute atomic E-state index is 12.6. The minimum Gasteiger partial charge on any atom is -0.772 e. The van der Waals surface area contributed by atoms with E-state index in [2.05, 4.69) is 9.80 Å². The molecule has 14 heteroatoms. The molecule has 2 aromatic rings. The van der Waals surface area contributed by atoms with Gasteiger partial charge < -0.3 is 25.0 Å². The van der Waals surface area contributed by atoms with Crippen molar-refractivity contribution in [1.82, 2.24) is 9.21 Å².